The Balaban J connectivity index is 2.73. The third-order valence-electron chi connectivity index (χ3n) is 1.51. The van der Waals surface area contributed by atoms with Crippen molar-refractivity contribution in [2.75, 3.05) is 5.32 Å². The number of carboxylic acids is 1. The Morgan fingerprint density at radius 2 is 2.27 bits per heavy atom. The van der Waals surface area contributed by atoms with Crippen molar-refractivity contribution in [3.63, 3.8) is 0 Å². The third kappa shape index (κ3) is 3.08. The van der Waals surface area contributed by atoms with Crippen LogP contribution in [0, 0.1) is 0 Å². The molecular weight excluding hydrogens is 233 g/mol. The summed E-state index contributed by atoms with van der Waals surface area (Å²) < 4.78 is 36.3. The van der Waals surface area contributed by atoms with Crippen molar-refractivity contribution in [1.29, 1.82) is 0 Å². The molecule has 0 saturated carbocycles. The lowest BCUT2D eigenvalue weighted by Gasteiger charge is -2.06. The van der Waals surface area contributed by atoms with Crippen LogP contribution in [0.15, 0.2) is 5.38 Å². The first-order chi connectivity index (χ1) is 6.80. The summed E-state index contributed by atoms with van der Waals surface area (Å²) in [6.07, 6.45) is -4.50. The third-order valence-corrected chi connectivity index (χ3v) is 2.28. The minimum absolute atomic E-state index is 0.0581. The SMILES string of the molecule is C[C@H](Nc1nc(C(F)(F)F)cs1)C(=O)O. The molecule has 0 spiro atoms. The van der Waals surface area contributed by atoms with Gasteiger partial charge in [0.2, 0.25) is 0 Å². The van der Waals surface area contributed by atoms with E-state index >= 15 is 0 Å². The van der Waals surface area contributed by atoms with Gasteiger partial charge in [0.05, 0.1) is 0 Å². The van der Waals surface area contributed by atoms with Gasteiger partial charge >= 0.3 is 12.1 Å². The van der Waals surface area contributed by atoms with Crippen molar-refractivity contribution in [3.05, 3.63) is 11.1 Å². The van der Waals surface area contributed by atoms with E-state index in [4.69, 9.17) is 5.11 Å². The average molecular weight is 240 g/mol. The van der Waals surface area contributed by atoms with E-state index in [-0.39, 0.29) is 5.13 Å². The predicted molar refractivity (Wildman–Crippen MR) is 47.8 cm³/mol. The number of carbonyl (C=O) groups is 1. The number of rotatable bonds is 3. The molecule has 1 rings (SSSR count). The van der Waals surface area contributed by atoms with Gasteiger partial charge in [-0.25, -0.2) is 4.98 Å². The highest BCUT2D eigenvalue weighted by Crippen LogP contribution is 2.31. The van der Waals surface area contributed by atoms with Gasteiger partial charge in [0.1, 0.15) is 6.04 Å². The molecule has 1 heterocycles. The van der Waals surface area contributed by atoms with E-state index < -0.39 is 23.9 Å². The molecule has 0 fully saturated rings. The van der Waals surface area contributed by atoms with Crippen LogP contribution in [0.4, 0.5) is 18.3 Å². The van der Waals surface area contributed by atoms with Gasteiger partial charge in [0.25, 0.3) is 0 Å². The molecule has 0 aliphatic rings. The van der Waals surface area contributed by atoms with E-state index in [1.807, 2.05) is 0 Å². The minimum Gasteiger partial charge on any atom is -0.480 e. The lowest BCUT2D eigenvalue weighted by molar-refractivity contribution is -0.140. The molecule has 0 aliphatic heterocycles. The second kappa shape index (κ2) is 4.05. The Labute approximate surface area is 86.8 Å². The maximum atomic E-state index is 12.1. The van der Waals surface area contributed by atoms with Crippen LogP contribution in [-0.4, -0.2) is 22.1 Å². The summed E-state index contributed by atoms with van der Waals surface area (Å²) in [7, 11) is 0. The summed E-state index contributed by atoms with van der Waals surface area (Å²) in [4.78, 5) is 13.6. The fourth-order valence-corrected chi connectivity index (χ4v) is 1.52. The summed E-state index contributed by atoms with van der Waals surface area (Å²) in [5.74, 6) is -1.15. The molecule has 0 aromatic carbocycles. The molecule has 0 saturated heterocycles. The topological polar surface area (TPSA) is 62.2 Å². The number of hydrogen-bond acceptors (Lipinski definition) is 4. The van der Waals surface area contributed by atoms with E-state index in [1.165, 1.54) is 6.92 Å². The van der Waals surface area contributed by atoms with Gasteiger partial charge in [-0.3, -0.25) is 4.79 Å². The standard InChI is InChI=1S/C7H7F3N2O2S/c1-3(5(13)14)11-6-12-4(2-15-6)7(8,9)10/h2-3H,1H3,(H,11,12)(H,13,14)/t3-/m0/s1. The summed E-state index contributed by atoms with van der Waals surface area (Å²) in [5, 5.41) is 11.6. The molecule has 0 amide bonds. The summed E-state index contributed by atoms with van der Waals surface area (Å²) in [6, 6.07) is -0.975. The maximum absolute atomic E-state index is 12.1. The number of hydrogen-bond donors (Lipinski definition) is 2. The zero-order valence-electron chi connectivity index (χ0n) is 7.50. The van der Waals surface area contributed by atoms with Crippen LogP contribution in [0.1, 0.15) is 12.6 Å². The number of alkyl halides is 3. The van der Waals surface area contributed by atoms with Crippen LogP contribution in [-0.2, 0) is 11.0 Å². The lowest BCUT2D eigenvalue weighted by Crippen LogP contribution is -2.25. The number of aromatic nitrogens is 1. The Bertz CT molecular complexity index is 363. The Hall–Kier alpha value is -1.31. The van der Waals surface area contributed by atoms with Gasteiger partial charge in [0.15, 0.2) is 10.8 Å². The highest BCUT2D eigenvalue weighted by atomic mass is 32.1. The van der Waals surface area contributed by atoms with Gasteiger partial charge in [-0.05, 0) is 6.92 Å². The van der Waals surface area contributed by atoms with Gasteiger partial charge in [0, 0.05) is 5.38 Å². The first kappa shape index (κ1) is 11.8. The van der Waals surface area contributed by atoms with Crippen LogP contribution in [0.3, 0.4) is 0 Å². The monoisotopic (exact) mass is 240 g/mol. The molecule has 84 valence electrons. The first-order valence-electron chi connectivity index (χ1n) is 3.83. The lowest BCUT2D eigenvalue weighted by atomic mass is 10.4. The number of carboxylic acid groups (broad SMARTS) is 1. The van der Waals surface area contributed by atoms with Crippen LogP contribution in [0.2, 0.25) is 0 Å². The van der Waals surface area contributed by atoms with Crippen molar-refractivity contribution in [2.24, 2.45) is 0 Å². The molecule has 4 nitrogen and oxygen atoms in total. The Morgan fingerprint density at radius 3 is 2.67 bits per heavy atom. The second-order valence-corrected chi connectivity index (χ2v) is 3.60. The first-order valence-corrected chi connectivity index (χ1v) is 4.70. The van der Waals surface area contributed by atoms with Gasteiger partial charge in [-0.15, -0.1) is 11.3 Å². The van der Waals surface area contributed by atoms with Crippen LogP contribution < -0.4 is 5.32 Å². The quantitative estimate of drug-likeness (QED) is 0.848. The maximum Gasteiger partial charge on any atom is 0.434 e. The van der Waals surface area contributed by atoms with Crippen molar-refractivity contribution < 1.29 is 23.1 Å². The van der Waals surface area contributed by atoms with E-state index in [2.05, 4.69) is 10.3 Å². The highest BCUT2D eigenvalue weighted by Gasteiger charge is 2.33. The molecule has 1 aromatic rings. The largest absolute Gasteiger partial charge is 0.480 e. The number of aliphatic carboxylic acids is 1. The number of anilines is 1. The molecule has 0 bridgehead atoms. The Morgan fingerprint density at radius 1 is 1.67 bits per heavy atom. The molecule has 2 N–H and O–H groups in total. The Kier molecular flexibility index (Phi) is 3.18. The van der Waals surface area contributed by atoms with Crippen molar-refractivity contribution in [2.45, 2.75) is 19.1 Å². The highest BCUT2D eigenvalue weighted by molar-refractivity contribution is 7.13. The van der Waals surface area contributed by atoms with Gasteiger partial charge in [-0.2, -0.15) is 13.2 Å². The number of halogens is 3. The average Bonchev–Trinajstić information content (AvgIpc) is 2.51. The van der Waals surface area contributed by atoms with Crippen molar-refractivity contribution >= 4 is 22.4 Å². The molecular formula is C7H7F3N2O2S. The minimum atomic E-state index is -4.50. The molecule has 15 heavy (non-hydrogen) atoms. The summed E-state index contributed by atoms with van der Waals surface area (Å²) in [6.45, 7) is 1.32. The predicted octanol–water partition coefficient (Wildman–Crippen LogP) is 2.05. The van der Waals surface area contributed by atoms with Crippen molar-refractivity contribution in [3.8, 4) is 0 Å². The van der Waals surface area contributed by atoms with E-state index in [1.54, 1.807) is 0 Å². The smallest absolute Gasteiger partial charge is 0.434 e. The fourth-order valence-electron chi connectivity index (χ4n) is 0.717. The molecule has 0 unspecified atom stereocenters. The van der Waals surface area contributed by atoms with E-state index in [9.17, 15) is 18.0 Å². The number of nitrogens with one attached hydrogen (secondary N) is 1. The zero-order valence-corrected chi connectivity index (χ0v) is 8.32. The number of nitrogens with zero attached hydrogens (tertiary/aromatic N) is 1. The molecule has 0 radical (unpaired) electrons. The van der Waals surface area contributed by atoms with E-state index in [0.717, 1.165) is 5.38 Å². The van der Waals surface area contributed by atoms with Crippen molar-refractivity contribution in [1.82, 2.24) is 4.98 Å². The van der Waals surface area contributed by atoms with Gasteiger partial charge in [-0.1, -0.05) is 0 Å². The molecule has 1 aromatic heterocycles. The van der Waals surface area contributed by atoms with E-state index in [0.29, 0.717) is 11.3 Å². The summed E-state index contributed by atoms with van der Waals surface area (Å²) >= 11 is 0.717. The van der Waals surface area contributed by atoms with Crippen LogP contribution in [0.5, 0.6) is 0 Å². The van der Waals surface area contributed by atoms with Crippen LogP contribution >= 0.6 is 11.3 Å². The fraction of sp³-hybridized carbons (Fsp3) is 0.429. The number of thiazole rings is 1. The molecule has 8 heteroatoms. The molecule has 0 aliphatic carbocycles. The zero-order chi connectivity index (χ0) is 11.6. The normalized spacial score (nSPS) is 13.6. The molecule has 1 atom stereocenters. The summed E-state index contributed by atoms with van der Waals surface area (Å²) in [5.41, 5.74) is -1.02. The van der Waals surface area contributed by atoms with Gasteiger partial charge < -0.3 is 10.4 Å². The van der Waals surface area contributed by atoms with Crippen LogP contribution in [0.25, 0.3) is 0 Å². The second-order valence-electron chi connectivity index (χ2n) is 2.74.